The van der Waals surface area contributed by atoms with E-state index in [9.17, 15) is 9.59 Å². The van der Waals surface area contributed by atoms with E-state index >= 15 is 0 Å². The summed E-state index contributed by atoms with van der Waals surface area (Å²) in [6.45, 7) is 1.97. The number of nitrogens with zero attached hydrogens (tertiary/aromatic N) is 2. The molecular formula is C21H23BN2O8. The van der Waals surface area contributed by atoms with Crippen LogP contribution in [0.25, 0.3) is 5.69 Å². The molecular weight excluding hydrogens is 419 g/mol. The summed E-state index contributed by atoms with van der Waals surface area (Å²) in [4.78, 5) is 22.4. The Bertz CT molecular complexity index is 1050. The molecule has 0 amide bonds. The minimum absolute atomic E-state index is 0.137. The molecule has 11 heteroatoms. The Labute approximate surface area is 184 Å². The Morgan fingerprint density at radius 1 is 1.03 bits per heavy atom. The van der Waals surface area contributed by atoms with Crippen LogP contribution in [0.1, 0.15) is 27.6 Å². The highest BCUT2D eigenvalue weighted by molar-refractivity contribution is 6.58. The number of aromatic carboxylic acids is 1. The summed E-state index contributed by atoms with van der Waals surface area (Å²) in [6.07, 6.45) is 3.42. The van der Waals surface area contributed by atoms with Gasteiger partial charge >= 0.3 is 19.1 Å². The monoisotopic (exact) mass is 442 g/mol. The van der Waals surface area contributed by atoms with E-state index in [2.05, 4.69) is 5.10 Å². The number of rotatable bonds is 7. The lowest BCUT2D eigenvalue weighted by molar-refractivity contribution is 0.0522. The van der Waals surface area contributed by atoms with Crippen LogP contribution in [-0.4, -0.2) is 64.8 Å². The number of carboxylic acids is 1. The van der Waals surface area contributed by atoms with Crippen LogP contribution in [0.5, 0.6) is 11.5 Å². The summed E-state index contributed by atoms with van der Waals surface area (Å²) in [5.41, 5.74) is 1.41. The van der Waals surface area contributed by atoms with Gasteiger partial charge in [-0.05, 0) is 42.7 Å². The first kappa shape index (κ1) is 24.4. The van der Waals surface area contributed by atoms with Gasteiger partial charge in [-0.1, -0.05) is 6.07 Å². The summed E-state index contributed by atoms with van der Waals surface area (Å²) >= 11 is 0. The molecule has 0 saturated heterocycles. The summed E-state index contributed by atoms with van der Waals surface area (Å²) in [7, 11) is 1.24. The number of ether oxygens (including phenoxy) is 3. The van der Waals surface area contributed by atoms with E-state index in [1.165, 1.54) is 38.5 Å². The number of carbonyl (C=O) groups excluding carboxylic acids is 1. The summed E-state index contributed by atoms with van der Waals surface area (Å²) in [5, 5.41) is 30.9. The van der Waals surface area contributed by atoms with Gasteiger partial charge in [0, 0.05) is 18.5 Å². The molecule has 1 aromatic heterocycles. The second-order valence-corrected chi connectivity index (χ2v) is 6.19. The molecule has 0 aliphatic rings. The number of carbonyl (C=O) groups is 2. The predicted molar refractivity (Wildman–Crippen MR) is 116 cm³/mol. The van der Waals surface area contributed by atoms with E-state index in [0.29, 0.717) is 5.75 Å². The number of methoxy groups -OCH3 is 2. The molecule has 0 bridgehead atoms. The SMILES string of the molecule is CCOC(=O)c1ccc(B(O)O)cc1OC.COc1cc(-n2cccn2)ccc1C(=O)O. The minimum atomic E-state index is -1.59. The molecule has 32 heavy (non-hydrogen) atoms. The van der Waals surface area contributed by atoms with Crippen molar-refractivity contribution in [2.45, 2.75) is 6.92 Å². The topological polar surface area (TPSA) is 140 Å². The lowest BCUT2D eigenvalue weighted by atomic mass is 9.80. The molecule has 0 radical (unpaired) electrons. The number of benzene rings is 2. The van der Waals surface area contributed by atoms with Gasteiger partial charge in [-0.3, -0.25) is 0 Å². The van der Waals surface area contributed by atoms with Gasteiger partial charge in [0.25, 0.3) is 0 Å². The molecule has 2 aromatic carbocycles. The predicted octanol–water partition coefficient (Wildman–Crippen LogP) is 1.13. The fourth-order valence-corrected chi connectivity index (χ4v) is 2.67. The second-order valence-electron chi connectivity index (χ2n) is 6.19. The largest absolute Gasteiger partial charge is 0.496 e. The van der Waals surface area contributed by atoms with Crippen LogP contribution in [0.4, 0.5) is 0 Å². The molecule has 3 rings (SSSR count). The van der Waals surface area contributed by atoms with Crippen LogP contribution in [0.2, 0.25) is 0 Å². The lowest BCUT2D eigenvalue weighted by Crippen LogP contribution is -2.30. The zero-order valence-electron chi connectivity index (χ0n) is 17.8. The van der Waals surface area contributed by atoms with Crippen LogP contribution < -0.4 is 14.9 Å². The zero-order chi connectivity index (χ0) is 23.7. The van der Waals surface area contributed by atoms with Crippen LogP contribution in [-0.2, 0) is 4.74 Å². The molecule has 0 aliphatic heterocycles. The highest BCUT2D eigenvalue weighted by Crippen LogP contribution is 2.22. The molecule has 168 valence electrons. The van der Waals surface area contributed by atoms with Gasteiger partial charge in [0.2, 0.25) is 0 Å². The first-order valence-corrected chi connectivity index (χ1v) is 9.44. The van der Waals surface area contributed by atoms with Crippen LogP contribution >= 0.6 is 0 Å². The third-order valence-electron chi connectivity index (χ3n) is 4.20. The van der Waals surface area contributed by atoms with E-state index in [-0.39, 0.29) is 28.9 Å². The van der Waals surface area contributed by atoms with E-state index < -0.39 is 19.1 Å². The average Bonchev–Trinajstić information content (AvgIpc) is 3.33. The summed E-state index contributed by atoms with van der Waals surface area (Å²) < 4.78 is 16.5. The number of hydrogen-bond acceptors (Lipinski definition) is 8. The number of carboxylic acid groups (broad SMARTS) is 1. The molecule has 0 atom stereocenters. The molecule has 0 spiro atoms. The van der Waals surface area contributed by atoms with E-state index in [1.54, 1.807) is 42.2 Å². The van der Waals surface area contributed by atoms with Gasteiger partial charge in [0.1, 0.15) is 22.6 Å². The van der Waals surface area contributed by atoms with Gasteiger partial charge in [-0.15, -0.1) is 0 Å². The van der Waals surface area contributed by atoms with E-state index in [4.69, 9.17) is 29.4 Å². The molecule has 3 aromatic rings. The Kier molecular flexibility index (Phi) is 8.81. The molecule has 3 N–H and O–H groups in total. The van der Waals surface area contributed by atoms with Crippen molar-refractivity contribution in [3.8, 4) is 17.2 Å². The van der Waals surface area contributed by atoms with Gasteiger partial charge in [0.15, 0.2) is 0 Å². The van der Waals surface area contributed by atoms with Gasteiger partial charge in [0.05, 0.1) is 26.5 Å². The molecule has 0 fully saturated rings. The lowest BCUT2D eigenvalue weighted by Gasteiger charge is -2.09. The maximum absolute atomic E-state index is 11.5. The molecule has 0 unspecified atom stereocenters. The number of esters is 1. The molecule has 10 nitrogen and oxygen atoms in total. The average molecular weight is 442 g/mol. The first-order chi connectivity index (χ1) is 15.3. The van der Waals surface area contributed by atoms with Gasteiger partial charge < -0.3 is 29.4 Å². The normalized spacial score (nSPS) is 9.91. The van der Waals surface area contributed by atoms with E-state index in [0.717, 1.165) is 5.69 Å². The van der Waals surface area contributed by atoms with Crippen molar-refractivity contribution < 1.29 is 39.0 Å². The van der Waals surface area contributed by atoms with Crippen LogP contribution in [0.15, 0.2) is 54.9 Å². The van der Waals surface area contributed by atoms with Crippen molar-refractivity contribution in [3.05, 3.63) is 66.0 Å². The molecule has 0 aliphatic carbocycles. The fraction of sp³-hybridized carbons (Fsp3) is 0.190. The Hall–Kier alpha value is -3.83. The number of aromatic nitrogens is 2. The van der Waals surface area contributed by atoms with Crippen molar-refractivity contribution in [1.29, 1.82) is 0 Å². The summed E-state index contributed by atoms with van der Waals surface area (Å²) in [5.74, 6) is -0.938. The maximum Gasteiger partial charge on any atom is 0.488 e. The van der Waals surface area contributed by atoms with Crippen molar-refractivity contribution in [1.82, 2.24) is 9.78 Å². The van der Waals surface area contributed by atoms with Crippen LogP contribution in [0, 0.1) is 0 Å². The zero-order valence-corrected chi connectivity index (χ0v) is 17.8. The Balaban J connectivity index is 0.000000227. The third-order valence-corrected chi connectivity index (χ3v) is 4.20. The Morgan fingerprint density at radius 3 is 2.22 bits per heavy atom. The second kappa shape index (κ2) is 11.5. The van der Waals surface area contributed by atoms with Crippen molar-refractivity contribution in [3.63, 3.8) is 0 Å². The van der Waals surface area contributed by atoms with Gasteiger partial charge in [-0.25, -0.2) is 14.3 Å². The number of hydrogen-bond donors (Lipinski definition) is 3. The van der Waals surface area contributed by atoms with Crippen molar-refractivity contribution in [2.75, 3.05) is 20.8 Å². The Morgan fingerprint density at radius 2 is 1.69 bits per heavy atom. The van der Waals surface area contributed by atoms with Crippen LogP contribution in [0.3, 0.4) is 0 Å². The van der Waals surface area contributed by atoms with E-state index in [1.807, 2.05) is 0 Å². The first-order valence-electron chi connectivity index (χ1n) is 9.44. The summed E-state index contributed by atoms with van der Waals surface area (Å²) in [6, 6.07) is 10.9. The minimum Gasteiger partial charge on any atom is -0.496 e. The fourth-order valence-electron chi connectivity index (χ4n) is 2.67. The van der Waals surface area contributed by atoms with Gasteiger partial charge in [-0.2, -0.15) is 5.10 Å². The third kappa shape index (κ3) is 6.09. The van der Waals surface area contributed by atoms with Crippen molar-refractivity contribution in [2.24, 2.45) is 0 Å². The van der Waals surface area contributed by atoms with Crippen molar-refractivity contribution >= 4 is 24.5 Å². The highest BCUT2D eigenvalue weighted by Gasteiger charge is 2.18. The molecule has 0 saturated carbocycles. The highest BCUT2D eigenvalue weighted by atomic mass is 16.5. The molecule has 1 heterocycles. The quantitative estimate of drug-likeness (QED) is 0.363. The smallest absolute Gasteiger partial charge is 0.488 e. The standard InChI is InChI=1S/C11H10N2O3.C10H13BO5/c1-16-10-7-8(13-6-2-5-12-13)3-4-9(10)11(14)15;1-3-16-10(12)8-5-4-7(11(13)14)6-9(8)15-2/h2-7H,1H3,(H,14,15);4-6,13-14H,3H2,1-2H3. The maximum atomic E-state index is 11.5.